The van der Waals surface area contributed by atoms with E-state index < -0.39 is 10.0 Å². The van der Waals surface area contributed by atoms with Crippen LogP contribution in [0, 0.1) is 0 Å². The van der Waals surface area contributed by atoms with Crippen LogP contribution in [0.15, 0.2) is 30.3 Å². The zero-order valence-electron chi connectivity index (χ0n) is 11.8. The largest absolute Gasteiger partial charge is 0.324 e. The summed E-state index contributed by atoms with van der Waals surface area (Å²) in [6.07, 6.45) is 5.76. The van der Waals surface area contributed by atoms with Gasteiger partial charge in [0.05, 0.1) is 5.75 Å². The molecular weight excluding hydrogens is 272 g/mol. The van der Waals surface area contributed by atoms with E-state index in [-0.39, 0.29) is 11.3 Å². The third-order valence-corrected chi connectivity index (χ3v) is 5.32. The molecule has 0 atom stereocenters. The van der Waals surface area contributed by atoms with Gasteiger partial charge in [0.15, 0.2) is 0 Å². The Kier molecular flexibility index (Phi) is 5.18. The quantitative estimate of drug-likeness (QED) is 0.841. The fourth-order valence-electron chi connectivity index (χ4n) is 2.66. The molecule has 20 heavy (non-hydrogen) atoms. The molecule has 5 heteroatoms. The van der Waals surface area contributed by atoms with Crippen molar-refractivity contribution in [2.75, 3.05) is 12.3 Å². The average molecular weight is 296 g/mol. The van der Waals surface area contributed by atoms with Gasteiger partial charge in [0.25, 0.3) is 0 Å². The first-order chi connectivity index (χ1) is 9.49. The van der Waals surface area contributed by atoms with Crippen molar-refractivity contribution < 1.29 is 8.42 Å². The Morgan fingerprint density at radius 1 is 1.10 bits per heavy atom. The molecule has 1 aliphatic rings. The number of sulfonamides is 1. The molecule has 112 valence electrons. The molecule has 1 fully saturated rings. The lowest BCUT2D eigenvalue weighted by molar-refractivity contribution is 0.296. The molecule has 1 aromatic rings. The maximum Gasteiger partial charge on any atom is 0.211 e. The van der Waals surface area contributed by atoms with Crippen LogP contribution in [0.3, 0.4) is 0 Å². The van der Waals surface area contributed by atoms with Gasteiger partial charge >= 0.3 is 0 Å². The van der Waals surface area contributed by atoms with E-state index >= 15 is 0 Å². The van der Waals surface area contributed by atoms with Gasteiger partial charge in [-0.1, -0.05) is 49.6 Å². The summed E-state index contributed by atoms with van der Waals surface area (Å²) in [6.45, 7) is 0.365. The second-order valence-corrected chi connectivity index (χ2v) is 7.73. The molecule has 0 aliphatic heterocycles. The van der Waals surface area contributed by atoms with E-state index in [0.29, 0.717) is 13.0 Å². The lowest BCUT2D eigenvalue weighted by Crippen LogP contribution is -2.51. The molecular formula is C15H24N2O2S. The molecule has 0 saturated heterocycles. The van der Waals surface area contributed by atoms with Crippen LogP contribution >= 0.6 is 0 Å². The summed E-state index contributed by atoms with van der Waals surface area (Å²) in [5, 5.41) is 0. The lowest BCUT2D eigenvalue weighted by Gasteiger charge is -2.33. The van der Waals surface area contributed by atoms with Gasteiger partial charge in [-0.3, -0.25) is 0 Å². The first-order valence-corrected chi connectivity index (χ1v) is 8.95. The molecule has 3 N–H and O–H groups in total. The minimum atomic E-state index is -3.25. The molecule has 0 aromatic heterocycles. The van der Waals surface area contributed by atoms with Crippen molar-refractivity contribution in [3.05, 3.63) is 35.9 Å². The SMILES string of the molecule is NC1(CNS(=O)(=O)CCc2ccccc2)CCCCC1. The Labute approximate surface area is 121 Å². The number of nitrogens with one attached hydrogen (secondary N) is 1. The van der Waals surface area contributed by atoms with Crippen LogP contribution in [0.1, 0.15) is 37.7 Å². The summed E-state index contributed by atoms with van der Waals surface area (Å²) < 4.78 is 26.7. The third-order valence-electron chi connectivity index (χ3n) is 4.00. The van der Waals surface area contributed by atoms with E-state index in [2.05, 4.69) is 4.72 Å². The van der Waals surface area contributed by atoms with Gasteiger partial charge in [-0.2, -0.15) is 0 Å². The molecule has 0 spiro atoms. The Hall–Kier alpha value is -0.910. The van der Waals surface area contributed by atoms with Crippen molar-refractivity contribution in [3.63, 3.8) is 0 Å². The van der Waals surface area contributed by atoms with Crippen molar-refractivity contribution >= 4 is 10.0 Å². The molecule has 1 aromatic carbocycles. The molecule has 0 unspecified atom stereocenters. The fourth-order valence-corrected chi connectivity index (χ4v) is 3.81. The van der Waals surface area contributed by atoms with E-state index in [9.17, 15) is 8.42 Å². The number of hydrogen-bond donors (Lipinski definition) is 2. The summed E-state index contributed by atoms with van der Waals surface area (Å²) in [4.78, 5) is 0. The third kappa shape index (κ3) is 4.89. The Morgan fingerprint density at radius 3 is 2.40 bits per heavy atom. The molecule has 2 rings (SSSR count). The smallest absolute Gasteiger partial charge is 0.211 e. The highest BCUT2D eigenvalue weighted by atomic mass is 32.2. The molecule has 1 aliphatic carbocycles. The summed E-state index contributed by atoms with van der Waals surface area (Å²) in [7, 11) is -3.25. The van der Waals surface area contributed by atoms with Gasteiger partial charge in [-0.25, -0.2) is 13.1 Å². The van der Waals surface area contributed by atoms with Gasteiger partial charge in [0, 0.05) is 12.1 Å². The van der Waals surface area contributed by atoms with Gasteiger partial charge in [0.2, 0.25) is 10.0 Å². The monoisotopic (exact) mass is 296 g/mol. The first-order valence-electron chi connectivity index (χ1n) is 7.29. The standard InChI is InChI=1S/C15H24N2O2S/c16-15(10-5-2-6-11-15)13-17-20(18,19)12-9-14-7-3-1-4-8-14/h1,3-4,7-8,17H,2,5-6,9-13,16H2. The predicted octanol–water partition coefficient (Wildman–Crippen LogP) is 1.81. The van der Waals surface area contributed by atoms with Crippen LogP contribution in [0.4, 0.5) is 0 Å². The van der Waals surface area contributed by atoms with E-state index in [0.717, 1.165) is 31.2 Å². The van der Waals surface area contributed by atoms with E-state index in [1.54, 1.807) is 0 Å². The molecule has 1 saturated carbocycles. The van der Waals surface area contributed by atoms with Crippen molar-refractivity contribution in [3.8, 4) is 0 Å². The highest BCUT2D eigenvalue weighted by molar-refractivity contribution is 7.89. The maximum atomic E-state index is 12.0. The van der Waals surface area contributed by atoms with E-state index in [1.807, 2.05) is 30.3 Å². The van der Waals surface area contributed by atoms with Gasteiger partial charge in [0.1, 0.15) is 0 Å². The van der Waals surface area contributed by atoms with Crippen LogP contribution in [0.5, 0.6) is 0 Å². The van der Waals surface area contributed by atoms with Crippen molar-refractivity contribution in [1.82, 2.24) is 4.72 Å². The topological polar surface area (TPSA) is 72.2 Å². The van der Waals surface area contributed by atoms with E-state index in [4.69, 9.17) is 5.73 Å². The van der Waals surface area contributed by atoms with Gasteiger partial charge in [-0.15, -0.1) is 0 Å². The number of nitrogens with two attached hydrogens (primary N) is 1. The second kappa shape index (κ2) is 6.70. The molecule has 0 amide bonds. The summed E-state index contributed by atoms with van der Waals surface area (Å²) in [5.74, 6) is 0.118. The average Bonchev–Trinajstić information content (AvgIpc) is 2.46. The minimum Gasteiger partial charge on any atom is -0.324 e. The molecule has 0 heterocycles. The summed E-state index contributed by atoms with van der Waals surface area (Å²) in [5.41, 5.74) is 6.94. The second-order valence-electron chi connectivity index (χ2n) is 5.80. The lowest BCUT2D eigenvalue weighted by atomic mass is 9.83. The van der Waals surface area contributed by atoms with Crippen molar-refractivity contribution in [2.24, 2.45) is 5.73 Å². The first kappa shape index (κ1) is 15.5. The Morgan fingerprint density at radius 2 is 1.75 bits per heavy atom. The number of hydrogen-bond acceptors (Lipinski definition) is 3. The molecule has 4 nitrogen and oxygen atoms in total. The highest BCUT2D eigenvalue weighted by Gasteiger charge is 2.28. The molecule has 0 radical (unpaired) electrons. The molecule has 0 bridgehead atoms. The zero-order valence-corrected chi connectivity index (χ0v) is 12.7. The van der Waals surface area contributed by atoms with Crippen LogP contribution in [-0.2, 0) is 16.4 Å². The Balaban J connectivity index is 1.82. The van der Waals surface area contributed by atoms with Gasteiger partial charge in [-0.05, 0) is 24.8 Å². The number of rotatable bonds is 6. The van der Waals surface area contributed by atoms with Crippen LogP contribution in [0.25, 0.3) is 0 Å². The summed E-state index contributed by atoms with van der Waals surface area (Å²) in [6, 6.07) is 9.66. The highest BCUT2D eigenvalue weighted by Crippen LogP contribution is 2.25. The summed E-state index contributed by atoms with van der Waals surface area (Å²) >= 11 is 0. The number of benzene rings is 1. The van der Waals surface area contributed by atoms with Crippen LogP contribution < -0.4 is 10.5 Å². The van der Waals surface area contributed by atoms with Crippen molar-refractivity contribution in [2.45, 2.75) is 44.1 Å². The normalized spacial score (nSPS) is 18.9. The van der Waals surface area contributed by atoms with Crippen LogP contribution in [-0.4, -0.2) is 26.3 Å². The van der Waals surface area contributed by atoms with Crippen molar-refractivity contribution in [1.29, 1.82) is 0 Å². The number of aryl methyl sites for hydroxylation is 1. The maximum absolute atomic E-state index is 12.0. The Bertz CT molecular complexity index is 508. The van der Waals surface area contributed by atoms with Gasteiger partial charge < -0.3 is 5.73 Å². The zero-order chi connectivity index (χ0) is 14.5. The van der Waals surface area contributed by atoms with Crippen LogP contribution in [0.2, 0.25) is 0 Å². The fraction of sp³-hybridized carbons (Fsp3) is 0.600. The minimum absolute atomic E-state index is 0.118. The predicted molar refractivity (Wildman–Crippen MR) is 81.9 cm³/mol. The van der Waals surface area contributed by atoms with E-state index in [1.165, 1.54) is 6.42 Å².